The lowest BCUT2D eigenvalue weighted by atomic mass is 9.89. The number of carboxylic acid groups (broad SMARTS) is 1. The zero-order valence-corrected chi connectivity index (χ0v) is 15.7. The van der Waals surface area contributed by atoms with E-state index in [0.717, 1.165) is 12.1 Å². The van der Waals surface area contributed by atoms with Crippen LogP contribution in [-0.2, 0) is 22.3 Å². The van der Waals surface area contributed by atoms with Gasteiger partial charge in [0, 0.05) is 17.2 Å². The van der Waals surface area contributed by atoms with E-state index < -0.39 is 39.5 Å². The van der Waals surface area contributed by atoms with Gasteiger partial charge in [0.2, 0.25) is 0 Å². The highest BCUT2D eigenvalue weighted by Crippen LogP contribution is 2.44. The number of nitrogens with zero attached hydrogens (tertiary/aromatic N) is 1. The van der Waals surface area contributed by atoms with Crippen LogP contribution in [0, 0.1) is 5.82 Å². The average molecular weight is 408 g/mol. The van der Waals surface area contributed by atoms with Crippen LogP contribution in [-0.4, -0.2) is 23.5 Å². The molecule has 8 heteroatoms. The molecule has 0 spiro atoms. The molecule has 29 heavy (non-hydrogen) atoms. The highest BCUT2D eigenvalue weighted by atomic mass is 19.4. The third kappa shape index (κ3) is 3.44. The number of likely N-dealkylation sites (N-methyl/N-ethyl adjacent to an activating group) is 1. The molecule has 2 aromatic carbocycles. The molecule has 1 atom stereocenters. The molecular weight excluding hydrogens is 390 g/mol. The van der Waals surface area contributed by atoms with Gasteiger partial charge in [0.25, 0.3) is 0 Å². The minimum atomic E-state index is -4.62. The summed E-state index contributed by atoms with van der Waals surface area (Å²) in [7, 11) is 0. The third-order valence-electron chi connectivity index (χ3n) is 5.29. The monoisotopic (exact) mass is 408 g/mol. The van der Waals surface area contributed by atoms with Gasteiger partial charge in [0.15, 0.2) is 5.57 Å². The predicted octanol–water partition coefficient (Wildman–Crippen LogP) is 4.77. The fourth-order valence-electron chi connectivity index (χ4n) is 3.73. The first-order valence-electron chi connectivity index (χ1n) is 8.84. The van der Waals surface area contributed by atoms with Crippen molar-refractivity contribution >= 4 is 23.1 Å². The summed E-state index contributed by atoms with van der Waals surface area (Å²) in [5.74, 6) is -2.73. The maximum absolute atomic E-state index is 13.3. The van der Waals surface area contributed by atoms with Gasteiger partial charge in [-0.3, -0.25) is 0 Å². The predicted molar refractivity (Wildman–Crippen MR) is 99.1 cm³/mol. The fraction of sp³-hybridized carbons (Fsp3) is 0.238. The van der Waals surface area contributed by atoms with Crippen molar-refractivity contribution in [1.82, 2.24) is 4.48 Å². The molecule has 0 aliphatic carbocycles. The van der Waals surface area contributed by atoms with Gasteiger partial charge in [-0.1, -0.05) is 12.1 Å². The quantitative estimate of drug-likeness (QED) is 0.451. The lowest BCUT2D eigenvalue weighted by Crippen LogP contribution is -2.57. The highest BCUT2D eigenvalue weighted by Gasteiger charge is 2.49. The topological polar surface area (TPSA) is 54.4 Å². The lowest BCUT2D eigenvalue weighted by Gasteiger charge is -2.39. The highest BCUT2D eigenvalue weighted by molar-refractivity contribution is 6.26. The van der Waals surface area contributed by atoms with E-state index in [2.05, 4.69) is 0 Å². The smallest absolute Gasteiger partial charge is 0.416 e. The number of hydrogen-bond donors (Lipinski definition) is 1. The Labute approximate surface area is 164 Å². The Hall–Kier alpha value is -3.00. The molecule has 0 saturated heterocycles. The molecule has 1 aliphatic heterocycles. The molecule has 0 aromatic heterocycles. The van der Waals surface area contributed by atoms with Gasteiger partial charge in [-0.2, -0.15) is 13.2 Å². The van der Waals surface area contributed by atoms with Crippen molar-refractivity contribution in [2.45, 2.75) is 26.6 Å². The number of amides is 1. The average Bonchev–Trinajstić information content (AvgIpc) is 2.65. The zero-order chi connectivity index (χ0) is 21.6. The summed E-state index contributed by atoms with van der Waals surface area (Å²) in [5, 5.41) is 9.60. The Morgan fingerprint density at radius 2 is 1.72 bits per heavy atom. The van der Waals surface area contributed by atoms with Crippen LogP contribution >= 0.6 is 0 Å². The van der Waals surface area contributed by atoms with Crippen LogP contribution in [0.5, 0.6) is 0 Å². The molecule has 2 aromatic rings. The second-order valence-electron chi connectivity index (χ2n) is 6.91. The van der Waals surface area contributed by atoms with E-state index in [9.17, 15) is 32.3 Å². The van der Waals surface area contributed by atoms with E-state index in [1.54, 1.807) is 6.92 Å². The van der Waals surface area contributed by atoms with Crippen LogP contribution in [0.4, 0.5) is 23.2 Å². The van der Waals surface area contributed by atoms with Crippen LogP contribution in [0.2, 0.25) is 0 Å². The second kappa shape index (κ2) is 7.11. The Bertz CT molecular complexity index is 1030. The van der Waals surface area contributed by atoms with Gasteiger partial charge in [0.1, 0.15) is 18.0 Å². The van der Waals surface area contributed by atoms with Gasteiger partial charge < -0.3 is 5.11 Å². The molecule has 1 amide bonds. The number of carbonyl (C=O) groups is 2. The zero-order valence-electron chi connectivity index (χ0n) is 15.7. The summed E-state index contributed by atoms with van der Waals surface area (Å²) in [6.45, 7) is 2.93. The molecule has 1 aliphatic rings. The number of quaternary nitrogens is 1. The molecule has 0 bridgehead atoms. The summed E-state index contributed by atoms with van der Waals surface area (Å²) in [5.41, 5.74) is -0.410. The Morgan fingerprint density at radius 1 is 1.10 bits per heavy atom. The Kier molecular flexibility index (Phi) is 5.08. The number of fused-ring (bicyclic) bond motifs is 1. The molecule has 4 nitrogen and oxygen atoms in total. The molecule has 0 fully saturated rings. The van der Waals surface area contributed by atoms with E-state index >= 15 is 0 Å². The number of benzene rings is 2. The van der Waals surface area contributed by atoms with E-state index in [4.69, 9.17) is 0 Å². The molecule has 1 heterocycles. The first-order chi connectivity index (χ1) is 13.5. The third-order valence-corrected chi connectivity index (χ3v) is 5.29. The van der Waals surface area contributed by atoms with Crippen molar-refractivity contribution in [2.24, 2.45) is 0 Å². The first-order valence-corrected chi connectivity index (χ1v) is 8.84. The number of aliphatic carboxylic acids is 1. The molecule has 1 unspecified atom stereocenters. The summed E-state index contributed by atoms with van der Waals surface area (Å²) in [4.78, 5) is 25.1. The van der Waals surface area contributed by atoms with Crippen molar-refractivity contribution in [3.05, 3.63) is 70.5 Å². The van der Waals surface area contributed by atoms with Crippen molar-refractivity contribution in [2.75, 3.05) is 6.54 Å². The fourth-order valence-corrected chi connectivity index (χ4v) is 3.73. The van der Waals surface area contributed by atoms with Crippen molar-refractivity contribution in [1.29, 1.82) is 0 Å². The summed E-state index contributed by atoms with van der Waals surface area (Å²) in [6.07, 6.45) is -4.62. The van der Waals surface area contributed by atoms with Gasteiger partial charge in [0.05, 0.1) is 12.1 Å². The number of allylic oxidation sites excluding steroid dienone is 1. The molecular formula is C21H18F4NO3+. The number of carbonyl (C=O) groups excluding carboxylic acids is 1. The molecule has 1 N–H and O–H groups in total. The summed E-state index contributed by atoms with van der Waals surface area (Å²) in [6, 6.07) is 8.21. The van der Waals surface area contributed by atoms with E-state index in [1.165, 1.54) is 37.3 Å². The summed E-state index contributed by atoms with van der Waals surface area (Å²) >= 11 is 0. The molecule has 0 saturated carbocycles. The Balaban J connectivity index is 2.31. The van der Waals surface area contributed by atoms with Crippen molar-refractivity contribution in [3.63, 3.8) is 0 Å². The number of rotatable bonds is 4. The maximum Gasteiger partial charge on any atom is 0.416 e. The largest absolute Gasteiger partial charge is 0.477 e. The van der Waals surface area contributed by atoms with Crippen LogP contribution in [0.15, 0.2) is 48.0 Å². The van der Waals surface area contributed by atoms with Gasteiger partial charge in [-0.25, -0.2) is 18.5 Å². The minimum Gasteiger partial charge on any atom is -0.477 e. The molecule has 0 radical (unpaired) electrons. The normalized spacial score (nSPS) is 19.3. The SMILES string of the molecule is CC[N+]1(Cc2ccc(F)cc2)C(=O)C(C(=O)O)=C(C)c2ccc(C(F)(F)F)cc21. The second-order valence-corrected chi connectivity index (χ2v) is 6.91. The van der Waals surface area contributed by atoms with E-state index in [0.29, 0.717) is 5.56 Å². The van der Waals surface area contributed by atoms with Gasteiger partial charge >= 0.3 is 18.1 Å². The number of carboxylic acids is 1. The molecule has 152 valence electrons. The van der Waals surface area contributed by atoms with Crippen LogP contribution in [0.25, 0.3) is 5.57 Å². The maximum atomic E-state index is 13.3. The summed E-state index contributed by atoms with van der Waals surface area (Å²) < 4.78 is 52.7. The number of hydrogen-bond acceptors (Lipinski definition) is 2. The van der Waals surface area contributed by atoms with Crippen LogP contribution in [0.1, 0.15) is 30.5 Å². The minimum absolute atomic E-state index is 0.0224. The van der Waals surface area contributed by atoms with Gasteiger partial charge in [-0.05, 0) is 43.7 Å². The van der Waals surface area contributed by atoms with Gasteiger partial charge in [-0.15, -0.1) is 0 Å². The molecule has 3 rings (SSSR count). The number of alkyl halides is 3. The first kappa shape index (κ1) is 20.7. The van der Waals surface area contributed by atoms with E-state index in [-0.39, 0.29) is 29.9 Å². The van der Waals surface area contributed by atoms with Crippen molar-refractivity contribution < 1.29 is 32.3 Å². The standard InChI is InChI=1S/C21H17F4NO3/c1-3-26(11-13-4-7-15(22)8-5-13)17-10-14(21(23,24)25)6-9-16(17)12(2)18(19(26)27)20(28)29/h4-10H,3,11H2,1-2H3/p+1. The van der Waals surface area contributed by atoms with Crippen molar-refractivity contribution in [3.8, 4) is 0 Å². The number of halogens is 4. The lowest BCUT2D eigenvalue weighted by molar-refractivity contribution is -0.139. The van der Waals surface area contributed by atoms with E-state index in [1.807, 2.05) is 0 Å². The van der Waals surface area contributed by atoms with Crippen LogP contribution < -0.4 is 4.48 Å². The Morgan fingerprint density at radius 3 is 2.24 bits per heavy atom. The van der Waals surface area contributed by atoms with Crippen LogP contribution in [0.3, 0.4) is 0 Å².